The molecule has 0 aromatic rings. The number of hydrogen-bond donors (Lipinski definition) is 6. The van der Waals surface area contributed by atoms with Crippen molar-refractivity contribution < 1.29 is 56.3 Å². The zero-order valence-electron chi connectivity index (χ0n) is 16.5. The van der Waals surface area contributed by atoms with E-state index in [0.717, 1.165) is 0 Å². The molecule has 0 radical (unpaired) electrons. The smallest absolute Gasteiger partial charge is 0.388 e. The van der Waals surface area contributed by atoms with Gasteiger partial charge in [-0.05, 0) is 12.5 Å². The Labute approximate surface area is 187 Å². The predicted molar refractivity (Wildman–Crippen MR) is 110 cm³/mol. The lowest BCUT2D eigenvalue weighted by molar-refractivity contribution is -0.135. The Morgan fingerprint density at radius 3 is 2.44 bits per heavy atom. The van der Waals surface area contributed by atoms with Crippen molar-refractivity contribution >= 4 is 40.9 Å². The molecule has 2 unspecified atom stereocenters. The molecule has 2 rings (SSSR count). The number of hydrogen-bond acceptors (Lipinski definition) is 11. The molecule has 0 spiro atoms. The molecule has 1 saturated heterocycles. The van der Waals surface area contributed by atoms with Gasteiger partial charge in [-0.15, -0.1) is 11.6 Å². The topological polar surface area (TPSA) is 231 Å². The number of rotatable bonds is 10. The number of amidine groups is 1. The lowest BCUT2D eigenvalue weighted by atomic mass is 9.92. The maximum Gasteiger partial charge on any atom is 0.490 e. The van der Waals surface area contributed by atoms with Gasteiger partial charge in [-0.25, -0.2) is 18.7 Å². The molecule has 0 bridgehead atoms. The van der Waals surface area contributed by atoms with Crippen LogP contribution in [-0.2, 0) is 31.6 Å². The van der Waals surface area contributed by atoms with Crippen LogP contribution < -0.4 is 5.73 Å². The molecule has 19 heteroatoms. The van der Waals surface area contributed by atoms with Gasteiger partial charge in [0.15, 0.2) is 6.23 Å². The Kier molecular flexibility index (Phi) is 8.57. The van der Waals surface area contributed by atoms with Crippen LogP contribution in [0, 0.1) is 0 Å². The Balaban J connectivity index is 2.19. The maximum absolute atomic E-state index is 12.1. The first kappa shape index (κ1) is 27.6. The van der Waals surface area contributed by atoms with Crippen LogP contribution >= 0.6 is 35.1 Å². The highest BCUT2D eigenvalue weighted by Crippen LogP contribution is 2.66. The zero-order chi connectivity index (χ0) is 24.5. The van der Waals surface area contributed by atoms with Crippen LogP contribution in [0.25, 0.3) is 0 Å². The highest BCUT2D eigenvalue weighted by molar-refractivity contribution is 7.66. The average molecular weight is 542 g/mol. The fourth-order valence-corrected chi connectivity index (χ4v) is 6.54. The number of ether oxygens (including phenoxy) is 1. The Hall–Kier alpha value is -0.630. The van der Waals surface area contributed by atoms with E-state index in [-0.39, 0.29) is 18.1 Å². The van der Waals surface area contributed by atoms with Crippen molar-refractivity contribution in [2.75, 3.05) is 6.61 Å². The molecule has 0 amide bonds. The lowest BCUT2D eigenvalue weighted by Gasteiger charge is -2.34. The average Bonchev–Trinajstić information content (AvgIpc) is 2.83. The number of aliphatic hydroxyl groups excluding tert-OH is 1. The molecule has 2 heterocycles. The van der Waals surface area contributed by atoms with Gasteiger partial charge in [-0.1, -0.05) is 19.9 Å². The number of nitrogens with zero attached hydrogens (tertiary/aromatic N) is 2. The molecular weight excluding hydrogens is 519 g/mol. The highest BCUT2D eigenvalue weighted by atomic mass is 35.5. The Bertz CT molecular complexity index is 940. The summed E-state index contributed by atoms with van der Waals surface area (Å²) >= 11 is 6.33. The minimum atomic E-state index is -5.70. The summed E-state index contributed by atoms with van der Waals surface area (Å²) in [7, 11) is -16.7. The van der Waals surface area contributed by atoms with Gasteiger partial charge in [0.25, 0.3) is 0 Å². The molecule has 2 aliphatic heterocycles. The lowest BCUT2D eigenvalue weighted by Crippen LogP contribution is -2.45. The van der Waals surface area contributed by atoms with E-state index in [0.29, 0.717) is 6.42 Å². The molecule has 0 aromatic carbocycles. The van der Waals surface area contributed by atoms with E-state index in [2.05, 4.69) is 20.2 Å². The van der Waals surface area contributed by atoms with Gasteiger partial charge >= 0.3 is 23.5 Å². The number of aliphatic hydroxyl groups is 1. The fraction of sp³-hybridized carbons (Fsp3) is 0.615. The Morgan fingerprint density at radius 1 is 1.28 bits per heavy atom. The van der Waals surface area contributed by atoms with Gasteiger partial charge in [-0.2, -0.15) is 8.62 Å². The van der Waals surface area contributed by atoms with Gasteiger partial charge in [0, 0.05) is 6.20 Å². The number of halogens is 1. The summed E-state index contributed by atoms with van der Waals surface area (Å²) in [6.45, 7) is 4.57. The van der Waals surface area contributed by atoms with Crippen LogP contribution in [-0.4, -0.2) is 65.3 Å². The van der Waals surface area contributed by atoms with E-state index in [1.165, 1.54) is 17.2 Å². The summed E-state index contributed by atoms with van der Waals surface area (Å²) in [4.78, 5) is 41.5. The molecule has 7 N–H and O–H groups in total. The van der Waals surface area contributed by atoms with Crippen molar-refractivity contribution in [3.8, 4) is 0 Å². The normalized spacial score (nSPS) is 32.5. The summed E-state index contributed by atoms with van der Waals surface area (Å²) < 4.78 is 52.2. The van der Waals surface area contributed by atoms with E-state index in [1.54, 1.807) is 6.92 Å². The summed E-state index contributed by atoms with van der Waals surface area (Å²) in [5.74, 6) is 0.316. The molecule has 6 atom stereocenters. The number of nitrogens with two attached hydrogens (primary N) is 1. The van der Waals surface area contributed by atoms with Crippen molar-refractivity contribution in [1.82, 2.24) is 4.90 Å². The summed E-state index contributed by atoms with van der Waals surface area (Å²) in [5, 5.41) is 9.63. The molecule has 0 aliphatic carbocycles. The van der Waals surface area contributed by atoms with E-state index in [1.807, 2.05) is 0 Å². The largest absolute Gasteiger partial charge is 0.490 e. The van der Waals surface area contributed by atoms with Crippen molar-refractivity contribution in [3.05, 3.63) is 24.7 Å². The summed E-state index contributed by atoms with van der Waals surface area (Å²) in [6, 6.07) is 0. The van der Waals surface area contributed by atoms with E-state index >= 15 is 0 Å². The third-order valence-electron chi connectivity index (χ3n) is 4.27. The molecule has 1 fully saturated rings. The standard InChI is InChI=1S/C13H23ClN3O12P3/c1-3-5-13(7-26-31(22,23)29-32(24,25)28-30(19,20)21)11(18)10(14)12(27-13)17-6-4-9(15)16-8(17)2/h4,6,10-12,18H,2-3,5,7H2,1H3,(H2,15,16)(H,22,23)(H,24,25)(H2,19,20,21)/t10-,11+,12-,13-/m1/s1. The monoisotopic (exact) mass is 541 g/mol. The molecule has 184 valence electrons. The zero-order valence-corrected chi connectivity index (χ0v) is 19.9. The first-order valence-electron chi connectivity index (χ1n) is 8.79. The van der Waals surface area contributed by atoms with Crippen LogP contribution in [0.2, 0.25) is 0 Å². The minimum absolute atomic E-state index is 0.0547. The molecular formula is C13H23ClN3O12P3. The number of alkyl halides is 1. The predicted octanol–water partition coefficient (Wildman–Crippen LogP) is 0.851. The number of phosphoric ester groups is 1. The van der Waals surface area contributed by atoms with Gasteiger partial charge in [0.1, 0.15) is 28.7 Å². The van der Waals surface area contributed by atoms with Crippen LogP contribution in [0.4, 0.5) is 0 Å². The second kappa shape index (κ2) is 9.93. The quantitative estimate of drug-likeness (QED) is 0.166. The molecule has 32 heavy (non-hydrogen) atoms. The van der Waals surface area contributed by atoms with Gasteiger partial charge < -0.3 is 40.1 Å². The highest BCUT2D eigenvalue weighted by Gasteiger charge is 2.56. The van der Waals surface area contributed by atoms with Gasteiger partial charge in [-0.3, -0.25) is 4.52 Å². The SMILES string of the molecule is C=C1N=C(N)C=CN1[C@@H]1O[C@](CCC)(COP(=O)(O)OP(=O)(O)OP(=O)(O)O)[C@@H](O)[C@H]1Cl. The number of aliphatic imine (C=N–C) groups is 1. The van der Waals surface area contributed by atoms with Crippen LogP contribution in [0.15, 0.2) is 29.7 Å². The maximum atomic E-state index is 12.1. The molecule has 15 nitrogen and oxygen atoms in total. The van der Waals surface area contributed by atoms with E-state index < -0.39 is 53.4 Å². The van der Waals surface area contributed by atoms with Gasteiger partial charge in [0.2, 0.25) is 0 Å². The van der Waals surface area contributed by atoms with Crippen LogP contribution in [0.3, 0.4) is 0 Å². The van der Waals surface area contributed by atoms with E-state index in [9.17, 15) is 28.6 Å². The fourth-order valence-electron chi connectivity index (χ4n) is 3.07. The summed E-state index contributed by atoms with van der Waals surface area (Å²) in [6.07, 6.45) is 0.810. The molecule has 0 saturated carbocycles. The first-order valence-corrected chi connectivity index (χ1v) is 13.7. The Morgan fingerprint density at radius 2 is 1.91 bits per heavy atom. The second-order valence-corrected chi connectivity index (χ2v) is 11.7. The third-order valence-corrected chi connectivity index (χ3v) is 8.50. The van der Waals surface area contributed by atoms with Crippen molar-refractivity contribution in [3.63, 3.8) is 0 Å². The summed E-state index contributed by atoms with van der Waals surface area (Å²) in [5.41, 5.74) is 3.91. The molecule has 2 aliphatic rings. The van der Waals surface area contributed by atoms with Crippen LogP contribution in [0.1, 0.15) is 19.8 Å². The second-order valence-electron chi connectivity index (χ2n) is 6.75. The van der Waals surface area contributed by atoms with Crippen molar-refractivity contribution in [2.24, 2.45) is 10.7 Å². The first-order chi connectivity index (χ1) is 14.5. The van der Waals surface area contributed by atoms with Crippen LogP contribution in [0.5, 0.6) is 0 Å². The van der Waals surface area contributed by atoms with Crippen molar-refractivity contribution in [2.45, 2.75) is 43.1 Å². The van der Waals surface area contributed by atoms with Gasteiger partial charge in [0.05, 0.1) is 6.61 Å². The van der Waals surface area contributed by atoms with Crippen molar-refractivity contribution in [1.29, 1.82) is 0 Å². The third kappa shape index (κ3) is 6.94. The molecule has 0 aromatic heterocycles. The number of phosphoric acid groups is 3. The minimum Gasteiger partial charge on any atom is -0.388 e. The van der Waals surface area contributed by atoms with E-state index in [4.69, 9.17) is 36.4 Å².